The molecule has 0 aliphatic heterocycles. The number of hydrogen-bond acceptors (Lipinski definition) is 3. The topological polar surface area (TPSA) is 34.1 Å². The first-order valence-corrected chi connectivity index (χ1v) is 5.52. The predicted octanol–water partition coefficient (Wildman–Crippen LogP) is 1.60. The van der Waals surface area contributed by atoms with Crippen molar-refractivity contribution in [1.82, 2.24) is 10.3 Å². The summed E-state index contributed by atoms with van der Waals surface area (Å²) in [6, 6.07) is 6.50. The van der Waals surface area contributed by atoms with Gasteiger partial charge in [-0.25, -0.2) is 0 Å². The van der Waals surface area contributed by atoms with Crippen molar-refractivity contribution in [1.29, 1.82) is 0 Å². The highest BCUT2D eigenvalue weighted by atomic mass is 16.5. The summed E-state index contributed by atoms with van der Waals surface area (Å²) >= 11 is 0. The predicted molar refractivity (Wildman–Crippen MR) is 59.5 cm³/mol. The van der Waals surface area contributed by atoms with Crippen LogP contribution in [0.4, 0.5) is 0 Å². The minimum absolute atomic E-state index is 0.497. The van der Waals surface area contributed by atoms with Gasteiger partial charge in [0.25, 0.3) is 0 Å². The zero-order chi connectivity index (χ0) is 10.5. The first-order chi connectivity index (χ1) is 7.40. The summed E-state index contributed by atoms with van der Waals surface area (Å²) in [6.07, 6.45) is 4.51. The number of aromatic nitrogens is 1. The number of hydrogen-bond donors (Lipinski definition) is 1. The Labute approximate surface area is 90.9 Å². The molecule has 0 saturated heterocycles. The van der Waals surface area contributed by atoms with E-state index in [0.717, 1.165) is 24.8 Å². The molecule has 82 valence electrons. The molecule has 1 aliphatic carbocycles. The third kappa shape index (κ3) is 3.29. The van der Waals surface area contributed by atoms with Gasteiger partial charge in [0.2, 0.25) is 0 Å². The summed E-state index contributed by atoms with van der Waals surface area (Å²) in [6.45, 7) is 1.64. The van der Waals surface area contributed by atoms with Gasteiger partial charge in [-0.2, -0.15) is 0 Å². The van der Waals surface area contributed by atoms with E-state index in [-0.39, 0.29) is 0 Å². The molecule has 1 heterocycles. The standard InChI is InChI=1S/C12H18N2O/c1-15-9-12(10-5-6-10)14-8-11-4-2-3-7-13-11/h2-4,7,10,12,14H,5-6,8-9H2,1H3. The van der Waals surface area contributed by atoms with Gasteiger partial charge in [-0.3, -0.25) is 4.98 Å². The van der Waals surface area contributed by atoms with Crippen molar-refractivity contribution in [2.24, 2.45) is 5.92 Å². The molecule has 1 unspecified atom stereocenters. The van der Waals surface area contributed by atoms with Gasteiger partial charge in [0, 0.05) is 25.9 Å². The maximum absolute atomic E-state index is 5.21. The van der Waals surface area contributed by atoms with Gasteiger partial charge in [-0.05, 0) is 30.9 Å². The quantitative estimate of drug-likeness (QED) is 0.767. The zero-order valence-electron chi connectivity index (χ0n) is 9.15. The maximum atomic E-state index is 5.21. The van der Waals surface area contributed by atoms with E-state index >= 15 is 0 Å². The molecule has 0 radical (unpaired) electrons. The van der Waals surface area contributed by atoms with Gasteiger partial charge in [-0.15, -0.1) is 0 Å². The summed E-state index contributed by atoms with van der Waals surface area (Å²) in [4.78, 5) is 4.29. The maximum Gasteiger partial charge on any atom is 0.0618 e. The minimum Gasteiger partial charge on any atom is -0.383 e. The van der Waals surface area contributed by atoms with E-state index in [4.69, 9.17) is 4.74 Å². The highest BCUT2D eigenvalue weighted by Gasteiger charge is 2.30. The first-order valence-electron chi connectivity index (χ1n) is 5.52. The summed E-state index contributed by atoms with van der Waals surface area (Å²) in [5.41, 5.74) is 1.10. The van der Waals surface area contributed by atoms with Crippen LogP contribution in [-0.2, 0) is 11.3 Å². The molecule has 0 aromatic carbocycles. The van der Waals surface area contributed by atoms with E-state index in [2.05, 4.69) is 10.3 Å². The van der Waals surface area contributed by atoms with Crippen LogP contribution >= 0.6 is 0 Å². The molecule has 1 aromatic heterocycles. The number of nitrogens with one attached hydrogen (secondary N) is 1. The largest absolute Gasteiger partial charge is 0.383 e. The highest BCUT2D eigenvalue weighted by Crippen LogP contribution is 2.32. The number of ether oxygens (including phenoxy) is 1. The summed E-state index contributed by atoms with van der Waals surface area (Å²) in [5, 5.41) is 3.51. The third-order valence-electron chi connectivity index (χ3n) is 2.81. The second-order valence-electron chi connectivity index (χ2n) is 4.10. The van der Waals surface area contributed by atoms with Crippen molar-refractivity contribution in [2.45, 2.75) is 25.4 Å². The lowest BCUT2D eigenvalue weighted by Crippen LogP contribution is -2.34. The summed E-state index contributed by atoms with van der Waals surface area (Å²) < 4.78 is 5.21. The van der Waals surface area contributed by atoms with Crippen molar-refractivity contribution >= 4 is 0 Å². The van der Waals surface area contributed by atoms with Crippen LogP contribution in [0.1, 0.15) is 18.5 Å². The Hall–Kier alpha value is -0.930. The van der Waals surface area contributed by atoms with Gasteiger partial charge in [0.15, 0.2) is 0 Å². The molecule has 2 rings (SSSR count). The Morgan fingerprint density at radius 3 is 3.00 bits per heavy atom. The van der Waals surface area contributed by atoms with Crippen LogP contribution in [0, 0.1) is 5.92 Å². The van der Waals surface area contributed by atoms with Crippen molar-refractivity contribution in [3.63, 3.8) is 0 Å². The number of nitrogens with zero attached hydrogens (tertiary/aromatic N) is 1. The van der Waals surface area contributed by atoms with Gasteiger partial charge in [0.1, 0.15) is 0 Å². The Morgan fingerprint density at radius 2 is 2.40 bits per heavy atom. The number of pyridine rings is 1. The monoisotopic (exact) mass is 206 g/mol. The molecule has 1 saturated carbocycles. The Kier molecular flexibility index (Phi) is 3.69. The normalized spacial score (nSPS) is 17.7. The van der Waals surface area contributed by atoms with Crippen LogP contribution < -0.4 is 5.32 Å². The van der Waals surface area contributed by atoms with Crippen molar-refractivity contribution in [3.8, 4) is 0 Å². The van der Waals surface area contributed by atoms with Gasteiger partial charge < -0.3 is 10.1 Å². The van der Waals surface area contributed by atoms with Crippen LogP contribution in [0.5, 0.6) is 0 Å². The van der Waals surface area contributed by atoms with E-state index in [1.165, 1.54) is 12.8 Å². The van der Waals surface area contributed by atoms with Crippen LogP contribution in [0.25, 0.3) is 0 Å². The van der Waals surface area contributed by atoms with Crippen LogP contribution in [0.3, 0.4) is 0 Å². The van der Waals surface area contributed by atoms with Crippen LogP contribution in [0.2, 0.25) is 0 Å². The van der Waals surface area contributed by atoms with Crippen molar-refractivity contribution in [3.05, 3.63) is 30.1 Å². The molecule has 3 nitrogen and oxygen atoms in total. The number of methoxy groups -OCH3 is 1. The molecule has 1 atom stereocenters. The Bertz CT molecular complexity index is 285. The molecular weight excluding hydrogens is 188 g/mol. The fourth-order valence-electron chi connectivity index (χ4n) is 1.78. The van der Waals surface area contributed by atoms with Gasteiger partial charge in [0.05, 0.1) is 12.3 Å². The fourth-order valence-corrected chi connectivity index (χ4v) is 1.78. The summed E-state index contributed by atoms with van der Waals surface area (Å²) in [7, 11) is 1.76. The van der Waals surface area contributed by atoms with E-state index in [1.54, 1.807) is 7.11 Å². The molecule has 15 heavy (non-hydrogen) atoms. The molecule has 1 aliphatic rings. The SMILES string of the molecule is COCC(NCc1ccccn1)C1CC1. The van der Waals surface area contributed by atoms with Crippen molar-refractivity contribution < 1.29 is 4.74 Å². The number of rotatable bonds is 6. The second-order valence-corrected chi connectivity index (χ2v) is 4.10. The zero-order valence-corrected chi connectivity index (χ0v) is 9.15. The smallest absolute Gasteiger partial charge is 0.0618 e. The molecule has 1 fully saturated rings. The van der Waals surface area contributed by atoms with Crippen molar-refractivity contribution in [2.75, 3.05) is 13.7 Å². The van der Waals surface area contributed by atoms with E-state index in [1.807, 2.05) is 24.4 Å². The second kappa shape index (κ2) is 5.24. The molecule has 0 spiro atoms. The molecule has 0 amide bonds. The average Bonchev–Trinajstić information content (AvgIpc) is 3.09. The van der Waals surface area contributed by atoms with E-state index in [9.17, 15) is 0 Å². The minimum atomic E-state index is 0.497. The average molecular weight is 206 g/mol. The van der Waals surface area contributed by atoms with Gasteiger partial charge in [-0.1, -0.05) is 6.07 Å². The van der Waals surface area contributed by atoms with Crippen LogP contribution in [0.15, 0.2) is 24.4 Å². The Balaban J connectivity index is 1.80. The fraction of sp³-hybridized carbons (Fsp3) is 0.583. The lowest BCUT2D eigenvalue weighted by atomic mass is 10.2. The molecular formula is C12H18N2O. The molecule has 1 aromatic rings. The Morgan fingerprint density at radius 1 is 1.53 bits per heavy atom. The summed E-state index contributed by atoms with van der Waals surface area (Å²) in [5.74, 6) is 0.814. The lowest BCUT2D eigenvalue weighted by Gasteiger charge is -2.16. The van der Waals surface area contributed by atoms with E-state index < -0.39 is 0 Å². The van der Waals surface area contributed by atoms with Gasteiger partial charge >= 0.3 is 0 Å². The first kappa shape index (κ1) is 10.6. The van der Waals surface area contributed by atoms with Crippen LogP contribution in [-0.4, -0.2) is 24.7 Å². The lowest BCUT2D eigenvalue weighted by molar-refractivity contribution is 0.157. The molecule has 1 N–H and O–H groups in total. The molecule has 0 bridgehead atoms. The highest BCUT2D eigenvalue weighted by molar-refractivity contribution is 5.03. The van der Waals surface area contributed by atoms with E-state index in [0.29, 0.717) is 6.04 Å². The third-order valence-corrected chi connectivity index (χ3v) is 2.81. The molecule has 3 heteroatoms.